The fourth-order valence-electron chi connectivity index (χ4n) is 2.40. The van der Waals surface area contributed by atoms with Crippen LogP contribution in [0.15, 0.2) is 29.9 Å². The monoisotopic (exact) mass is 299 g/mol. The molecule has 3 rings (SSSR count). The summed E-state index contributed by atoms with van der Waals surface area (Å²) in [6.45, 7) is 4.72. The summed E-state index contributed by atoms with van der Waals surface area (Å²) >= 11 is 1.65. The Morgan fingerprint density at radius 2 is 2.10 bits per heavy atom. The van der Waals surface area contributed by atoms with E-state index in [1.165, 1.54) is 4.70 Å². The molecule has 0 atom stereocenters. The first-order valence-corrected chi connectivity index (χ1v) is 7.63. The molecule has 0 bridgehead atoms. The van der Waals surface area contributed by atoms with E-state index in [-0.39, 0.29) is 0 Å². The molecule has 21 heavy (non-hydrogen) atoms. The molecule has 0 amide bonds. The van der Waals surface area contributed by atoms with Crippen LogP contribution in [0.4, 0.5) is 5.69 Å². The molecule has 1 N–H and O–H groups in total. The zero-order chi connectivity index (χ0) is 14.8. The molecular weight excluding hydrogens is 282 g/mol. The number of ether oxygens (including phenoxy) is 1. The van der Waals surface area contributed by atoms with Gasteiger partial charge in [-0.05, 0) is 32.0 Å². The van der Waals surface area contributed by atoms with Gasteiger partial charge < -0.3 is 10.1 Å². The Hall–Kier alpha value is -2.14. The maximum Gasteiger partial charge on any atom is 0.128 e. The third kappa shape index (κ3) is 2.69. The highest BCUT2D eigenvalue weighted by Crippen LogP contribution is 2.25. The van der Waals surface area contributed by atoms with Crippen LogP contribution in [0.2, 0.25) is 0 Å². The van der Waals surface area contributed by atoms with E-state index in [9.17, 15) is 0 Å². The number of nitrogens with one attached hydrogen (secondary N) is 1. The Morgan fingerprint density at radius 3 is 2.90 bits per heavy atom. The van der Waals surface area contributed by atoms with Crippen molar-refractivity contribution in [1.29, 1.82) is 0 Å². The van der Waals surface area contributed by atoms with E-state index < -0.39 is 0 Å². The molecule has 2 aromatic heterocycles. The average Bonchev–Trinajstić information content (AvgIpc) is 2.94. The van der Waals surface area contributed by atoms with Crippen molar-refractivity contribution in [3.05, 3.63) is 46.7 Å². The van der Waals surface area contributed by atoms with E-state index in [0.717, 1.165) is 33.8 Å². The first-order valence-electron chi connectivity index (χ1n) is 6.75. The number of methoxy groups -OCH3 is 1. The molecule has 0 radical (unpaired) electrons. The topological polar surface area (TPSA) is 47.0 Å². The molecular formula is C16H17N3OS. The van der Waals surface area contributed by atoms with Gasteiger partial charge in [0.1, 0.15) is 5.75 Å². The lowest BCUT2D eigenvalue weighted by Crippen LogP contribution is -2.06. The van der Waals surface area contributed by atoms with Gasteiger partial charge in [0.15, 0.2) is 0 Å². The number of rotatable bonds is 4. The summed E-state index contributed by atoms with van der Waals surface area (Å²) in [7, 11) is 1.70. The summed E-state index contributed by atoms with van der Waals surface area (Å²) in [5.74, 6) is 0.916. The van der Waals surface area contributed by atoms with Crippen LogP contribution in [-0.2, 0) is 6.54 Å². The lowest BCUT2D eigenvalue weighted by Gasteiger charge is -2.13. The van der Waals surface area contributed by atoms with Crippen LogP contribution in [0.3, 0.4) is 0 Å². The van der Waals surface area contributed by atoms with Crippen molar-refractivity contribution < 1.29 is 4.74 Å². The fourth-order valence-corrected chi connectivity index (χ4v) is 3.12. The quantitative estimate of drug-likeness (QED) is 0.793. The first kappa shape index (κ1) is 13.8. The summed E-state index contributed by atoms with van der Waals surface area (Å²) in [5.41, 5.74) is 7.13. The van der Waals surface area contributed by atoms with Crippen molar-refractivity contribution >= 4 is 27.2 Å². The summed E-state index contributed by atoms with van der Waals surface area (Å²) in [5, 5.41) is 3.42. The van der Waals surface area contributed by atoms with Crippen LogP contribution < -0.4 is 10.1 Å². The number of aryl methyl sites for hydroxylation is 1. The maximum atomic E-state index is 5.44. The van der Waals surface area contributed by atoms with Gasteiger partial charge >= 0.3 is 0 Å². The number of fused-ring (bicyclic) bond motifs is 1. The van der Waals surface area contributed by atoms with E-state index in [2.05, 4.69) is 21.4 Å². The van der Waals surface area contributed by atoms with Crippen LogP contribution in [-0.4, -0.2) is 17.1 Å². The van der Waals surface area contributed by atoms with Gasteiger partial charge in [-0.2, -0.15) is 0 Å². The van der Waals surface area contributed by atoms with Crippen LogP contribution >= 0.6 is 11.3 Å². The van der Waals surface area contributed by atoms with Gasteiger partial charge in [0.2, 0.25) is 0 Å². The minimum atomic E-state index is 0.673. The Labute approximate surface area is 127 Å². The highest BCUT2D eigenvalue weighted by atomic mass is 32.1. The zero-order valence-electron chi connectivity index (χ0n) is 12.3. The Bertz CT molecular complexity index is 782. The third-order valence-corrected chi connectivity index (χ3v) is 4.33. The van der Waals surface area contributed by atoms with Gasteiger partial charge in [-0.25, -0.2) is 4.98 Å². The molecule has 0 fully saturated rings. The highest BCUT2D eigenvalue weighted by molar-refractivity contribution is 7.16. The Balaban J connectivity index is 1.81. The predicted molar refractivity (Wildman–Crippen MR) is 87.2 cm³/mol. The molecule has 108 valence electrons. The van der Waals surface area contributed by atoms with Crippen molar-refractivity contribution in [3.8, 4) is 5.75 Å². The molecule has 0 spiro atoms. The zero-order valence-corrected chi connectivity index (χ0v) is 13.1. The number of hydrogen-bond acceptors (Lipinski definition) is 5. The number of hydrogen-bond donors (Lipinski definition) is 1. The molecule has 4 nitrogen and oxygen atoms in total. The summed E-state index contributed by atoms with van der Waals surface area (Å²) in [6, 6.07) is 6.20. The normalized spacial score (nSPS) is 10.8. The van der Waals surface area contributed by atoms with Crippen LogP contribution in [0, 0.1) is 13.8 Å². The van der Waals surface area contributed by atoms with E-state index >= 15 is 0 Å². The van der Waals surface area contributed by atoms with Gasteiger partial charge in [0.25, 0.3) is 0 Å². The molecule has 0 aliphatic rings. The first-order chi connectivity index (χ1) is 10.2. The Kier molecular flexibility index (Phi) is 3.75. The van der Waals surface area contributed by atoms with Gasteiger partial charge in [0.05, 0.1) is 35.1 Å². The number of benzene rings is 1. The van der Waals surface area contributed by atoms with Gasteiger partial charge in [-0.15, -0.1) is 11.3 Å². The van der Waals surface area contributed by atoms with Crippen molar-refractivity contribution in [2.75, 3.05) is 12.4 Å². The number of nitrogens with zero attached hydrogens (tertiary/aromatic N) is 2. The number of aromatic nitrogens is 2. The molecule has 1 aromatic carbocycles. The Morgan fingerprint density at radius 1 is 1.24 bits per heavy atom. The summed E-state index contributed by atoms with van der Waals surface area (Å²) < 4.78 is 6.63. The molecule has 3 aromatic rings. The predicted octanol–water partition coefficient (Wildman–Crippen LogP) is 3.93. The van der Waals surface area contributed by atoms with Crippen molar-refractivity contribution in [3.63, 3.8) is 0 Å². The molecule has 0 saturated carbocycles. The largest absolute Gasteiger partial charge is 0.496 e. The molecule has 0 aliphatic heterocycles. The molecule has 0 aliphatic carbocycles. The SMILES string of the molecule is COc1c(C)cnc(CNc2ccc3ncsc3c2)c1C. The average molecular weight is 299 g/mol. The second-order valence-electron chi connectivity index (χ2n) is 4.93. The van der Waals surface area contributed by atoms with Crippen LogP contribution in [0.5, 0.6) is 5.75 Å². The molecule has 0 saturated heterocycles. The van der Waals surface area contributed by atoms with Gasteiger partial charge in [-0.3, -0.25) is 4.98 Å². The lowest BCUT2D eigenvalue weighted by atomic mass is 10.1. The van der Waals surface area contributed by atoms with Crippen molar-refractivity contribution in [2.45, 2.75) is 20.4 Å². The van der Waals surface area contributed by atoms with Crippen molar-refractivity contribution in [2.24, 2.45) is 0 Å². The standard InChI is InChI=1S/C16H17N3OS/c1-10-7-18-14(11(2)16(10)20-3)8-17-12-4-5-13-15(6-12)21-9-19-13/h4-7,9,17H,8H2,1-3H3. The number of anilines is 1. The van der Waals surface area contributed by atoms with E-state index in [4.69, 9.17) is 4.74 Å². The van der Waals surface area contributed by atoms with Crippen LogP contribution in [0.25, 0.3) is 10.2 Å². The van der Waals surface area contributed by atoms with Crippen LogP contribution in [0.1, 0.15) is 16.8 Å². The minimum absolute atomic E-state index is 0.673. The smallest absolute Gasteiger partial charge is 0.128 e. The van der Waals surface area contributed by atoms with E-state index in [1.807, 2.05) is 37.7 Å². The third-order valence-electron chi connectivity index (χ3n) is 3.54. The highest BCUT2D eigenvalue weighted by Gasteiger charge is 2.09. The van der Waals surface area contributed by atoms with Crippen molar-refractivity contribution in [1.82, 2.24) is 9.97 Å². The molecule has 2 heterocycles. The second-order valence-corrected chi connectivity index (χ2v) is 5.82. The summed E-state index contributed by atoms with van der Waals surface area (Å²) in [4.78, 5) is 8.79. The second kappa shape index (κ2) is 5.69. The molecule has 0 unspecified atom stereocenters. The van der Waals surface area contributed by atoms with E-state index in [0.29, 0.717) is 6.54 Å². The lowest BCUT2D eigenvalue weighted by molar-refractivity contribution is 0.407. The van der Waals surface area contributed by atoms with E-state index in [1.54, 1.807) is 18.4 Å². The fraction of sp³-hybridized carbons (Fsp3) is 0.250. The molecule has 5 heteroatoms. The van der Waals surface area contributed by atoms with Gasteiger partial charge in [0, 0.05) is 23.0 Å². The minimum Gasteiger partial charge on any atom is -0.496 e. The maximum absolute atomic E-state index is 5.44. The number of pyridine rings is 1. The van der Waals surface area contributed by atoms with Gasteiger partial charge in [-0.1, -0.05) is 0 Å². The number of thiazole rings is 1. The summed E-state index contributed by atoms with van der Waals surface area (Å²) in [6.07, 6.45) is 1.86.